The van der Waals surface area contributed by atoms with Crippen molar-refractivity contribution in [3.05, 3.63) is 10.2 Å². The Morgan fingerprint density at radius 2 is 2.17 bits per heavy atom. The van der Waals surface area contributed by atoms with Gasteiger partial charge < -0.3 is 14.7 Å². The van der Waals surface area contributed by atoms with Crippen LogP contribution in [0.4, 0.5) is 0 Å². The molecule has 5 nitrogen and oxygen atoms in total. The number of hydrogen-bond acceptors (Lipinski definition) is 5. The molecule has 1 rings (SSSR count). The number of hydrogen-bond donors (Lipinski definition) is 2. The van der Waals surface area contributed by atoms with Gasteiger partial charge in [-0.2, -0.15) is 5.11 Å². The SMILES string of the molecule is CC1=C(Br)C(C)(OB(O)O)N=N1. The van der Waals surface area contributed by atoms with Gasteiger partial charge in [0.15, 0.2) is 0 Å². The van der Waals surface area contributed by atoms with Crippen molar-refractivity contribution in [2.45, 2.75) is 19.6 Å². The Kier molecular flexibility index (Phi) is 2.67. The lowest BCUT2D eigenvalue weighted by molar-refractivity contribution is 0.0764. The van der Waals surface area contributed by atoms with Gasteiger partial charge in [-0.05, 0) is 29.8 Å². The van der Waals surface area contributed by atoms with Crippen LogP contribution in [-0.4, -0.2) is 23.1 Å². The van der Waals surface area contributed by atoms with E-state index in [-0.39, 0.29) is 0 Å². The summed E-state index contributed by atoms with van der Waals surface area (Å²) >= 11 is 3.20. The maximum atomic E-state index is 8.57. The monoisotopic (exact) mass is 234 g/mol. The molecule has 0 aromatic heterocycles. The lowest BCUT2D eigenvalue weighted by Crippen LogP contribution is -2.33. The second kappa shape index (κ2) is 3.25. The molecule has 0 saturated heterocycles. The van der Waals surface area contributed by atoms with Crippen molar-refractivity contribution >= 4 is 23.3 Å². The molecular formula is C5H8BBrN2O3. The second-order valence-corrected chi connectivity index (χ2v) is 3.32. The predicted molar refractivity (Wildman–Crippen MR) is 46.2 cm³/mol. The van der Waals surface area contributed by atoms with Gasteiger partial charge in [-0.1, -0.05) is 0 Å². The first-order chi connectivity index (χ1) is 5.46. The van der Waals surface area contributed by atoms with Gasteiger partial charge in [-0.3, -0.25) is 0 Å². The average molecular weight is 235 g/mol. The molecule has 1 heterocycles. The molecule has 0 aromatic rings. The van der Waals surface area contributed by atoms with Crippen molar-refractivity contribution in [2.24, 2.45) is 10.2 Å². The topological polar surface area (TPSA) is 74.4 Å². The fourth-order valence-corrected chi connectivity index (χ4v) is 1.13. The standard InChI is InChI=1S/C5H8BBrN2O3/c1-3-4(7)5(2,9-8-3)12-6(10)11/h10-11H,1-2H3. The van der Waals surface area contributed by atoms with E-state index in [2.05, 4.69) is 26.2 Å². The molecule has 66 valence electrons. The summed E-state index contributed by atoms with van der Waals surface area (Å²) in [5, 5.41) is 24.6. The second-order valence-electron chi connectivity index (χ2n) is 2.53. The van der Waals surface area contributed by atoms with Crippen molar-refractivity contribution in [1.82, 2.24) is 0 Å². The zero-order valence-electron chi connectivity index (χ0n) is 6.65. The molecule has 0 bridgehead atoms. The van der Waals surface area contributed by atoms with E-state index in [1.54, 1.807) is 13.8 Å². The molecule has 0 radical (unpaired) electrons. The van der Waals surface area contributed by atoms with Gasteiger partial charge in [0.05, 0.1) is 10.2 Å². The van der Waals surface area contributed by atoms with Gasteiger partial charge in [0.2, 0.25) is 5.72 Å². The van der Waals surface area contributed by atoms with Crippen LogP contribution in [0.15, 0.2) is 20.4 Å². The summed E-state index contributed by atoms with van der Waals surface area (Å²) in [4.78, 5) is 0. The van der Waals surface area contributed by atoms with E-state index < -0.39 is 13.0 Å². The van der Waals surface area contributed by atoms with Gasteiger partial charge >= 0.3 is 7.32 Å². The summed E-state index contributed by atoms with van der Waals surface area (Å²) in [6.07, 6.45) is 0. The predicted octanol–water partition coefficient (Wildman–Crippen LogP) is 0.781. The fourth-order valence-electron chi connectivity index (χ4n) is 0.874. The van der Waals surface area contributed by atoms with E-state index in [9.17, 15) is 0 Å². The van der Waals surface area contributed by atoms with Crippen LogP contribution in [0.2, 0.25) is 0 Å². The quantitative estimate of drug-likeness (QED) is 0.694. The molecule has 12 heavy (non-hydrogen) atoms. The molecule has 0 amide bonds. The normalized spacial score (nSPS) is 28.4. The lowest BCUT2D eigenvalue weighted by Gasteiger charge is -2.20. The molecule has 1 unspecified atom stereocenters. The van der Waals surface area contributed by atoms with Gasteiger partial charge in [-0.25, -0.2) is 0 Å². The number of azo groups is 1. The molecule has 2 N–H and O–H groups in total. The smallest absolute Gasteiger partial charge is 0.402 e. The third-order valence-electron chi connectivity index (χ3n) is 1.45. The van der Waals surface area contributed by atoms with E-state index in [4.69, 9.17) is 14.7 Å². The van der Waals surface area contributed by atoms with Crippen LogP contribution in [0.25, 0.3) is 0 Å². The first-order valence-corrected chi connectivity index (χ1v) is 4.09. The Hall–Kier alpha value is -0.235. The Balaban J connectivity index is 2.82. The molecule has 1 atom stereocenters. The Morgan fingerprint density at radius 3 is 2.50 bits per heavy atom. The Labute approximate surface area is 78.4 Å². The van der Waals surface area contributed by atoms with E-state index in [0.717, 1.165) is 0 Å². The summed E-state index contributed by atoms with van der Waals surface area (Å²) in [5.74, 6) is 0. The van der Waals surface area contributed by atoms with Crippen molar-refractivity contribution in [3.8, 4) is 0 Å². The molecule has 0 aliphatic carbocycles. The van der Waals surface area contributed by atoms with Crippen molar-refractivity contribution in [1.29, 1.82) is 0 Å². The zero-order chi connectivity index (χ0) is 9.35. The van der Waals surface area contributed by atoms with E-state index >= 15 is 0 Å². The van der Waals surface area contributed by atoms with Gasteiger partial charge in [0.25, 0.3) is 0 Å². The third kappa shape index (κ3) is 1.74. The molecule has 1 aliphatic rings. The Bertz CT molecular complexity index is 255. The minimum atomic E-state index is -1.85. The maximum absolute atomic E-state index is 8.57. The molecule has 0 spiro atoms. The van der Waals surface area contributed by atoms with Gasteiger partial charge in [0.1, 0.15) is 0 Å². The number of halogens is 1. The molecule has 1 aliphatic heterocycles. The van der Waals surface area contributed by atoms with Crippen LogP contribution >= 0.6 is 15.9 Å². The number of rotatable bonds is 2. The van der Waals surface area contributed by atoms with Crippen molar-refractivity contribution < 1.29 is 14.7 Å². The molecule has 0 aromatic carbocycles. The number of allylic oxidation sites excluding steroid dienone is 1. The zero-order valence-corrected chi connectivity index (χ0v) is 8.24. The van der Waals surface area contributed by atoms with Crippen LogP contribution in [0.3, 0.4) is 0 Å². The van der Waals surface area contributed by atoms with Crippen LogP contribution in [0, 0.1) is 0 Å². The first-order valence-electron chi connectivity index (χ1n) is 3.29. The summed E-state index contributed by atoms with van der Waals surface area (Å²) in [6, 6.07) is 0. The highest BCUT2D eigenvalue weighted by Gasteiger charge is 2.37. The van der Waals surface area contributed by atoms with Gasteiger partial charge in [0, 0.05) is 0 Å². The summed E-state index contributed by atoms with van der Waals surface area (Å²) < 4.78 is 5.33. The van der Waals surface area contributed by atoms with E-state index in [0.29, 0.717) is 10.2 Å². The van der Waals surface area contributed by atoms with Gasteiger partial charge in [-0.15, -0.1) is 5.11 Å². The van der Waals surface area contributed by atoms with Crippen molar-refractivity contribution in [3.63, 3.8) is 0 Å². The third-order valence-corrected chi connectivity index (χ3v) is 2.76. The fraction of sp³-hybridized carbons (Fsp3) is 0.600. The highest BCUT2D eigenvalue weighted by molar-refractivity contribution is 9.11. The van der Waals surface area contributed by atoms with Crippen LogP contribution in [0.5, 0.6) is 0 Å². The lowest BCUT2D eigenvalue weighted by atomic mass is 10.2. The molecule has 7 heteroatoms. The van der Waals surface area contributed by atoms with Crippen LogP contribution < -0.4 is 0 Å². The summed E-state index contributed by atoms with van der Waals surface area (Å²) in [7, 11) is -1.85. The highest BCUT2D eigenvalue weighted by Crippen LogP contribution is 2.36. The first kappa shape index (κ1) is 9.85. The average Bonchev–Trinajstić information content (AvgIpc) is 2.16. The van der Waals surface area contributed by atoms with Crippen LogP contribution in [0.1, 0.15) is 13.8 Å². The minimum Gasteiger partial charge on any atom is -0.402 e. The molecule has 0 fully saturated rings. The maximum Gasteiger partial charge on any atom is 0.635 e. The molecule has 0 saturated carbocycles. The highest BCUT2D eigenvalue weighted by atomic mass is 79.9. The minimum absolute atomic E-state index is 0.600. The number of nitrogens with zero attached hydrogens (tertiary/aromatic N) is 2. The largest absolute Gasteiger partial charge is 0.635 e. The van der Waals surface area contributed by atoms with Crippen LogP contribution in [-0.2, 0) is 4.65 Å². The summed E-state index contributed by atoms with van der Waals surface area (Å²) in [5.41, 5.74) is -0.434. The van der Waals surface area contributed by atoms with Crippen molar-refractivity contribution in [2.75, 3.05) is 0 Å². The Morgan fingerprint density at radius 1 is 1.58 bits per heavy atom. The summed E-state index contributed by atoms with van der Waals surface area (Å²) in [6.45, 7) is 3.32. The molecular weight excluding hydrogens is 227 g/mol. The van der Waals surface area contributed by atoms with E-state index in [1.807, 2.05) is 0 Å². The van der Waals surface area contributed by atoms with E-state index in [1.165, 1.54) is 0 Å².